The highest BCUT2D eigenvalue weighted by Crippen LogP contribution is 2.41. The number of Topliss-reactive ketones (excluding diaryl/α,β-unsaturated/α-hetero) is 1. The van der Waals surface area contributed by atoms with E-state index in [4.69, 9.17) is 0 Å². The van der Waals surface area contributed by atoms with Gasteiger partial charge in [0.15, 0.2) is 11.2 Å². The molecule has 1 aliphatic rings. The lowest BCUT2D eigenvalue weighted by Crippen LogP contribution is -2.49. The standard InChI is InChI=1S/C13H11F3O3/c1-19-12(18)13(11(15)16)5-4-7-6-8(14)2-3-9(7)10(13)17/h2-3,6,11H,4-5H2,1H3. The van der Waals surface area contributed by atoms with Crippen LogP contribution in [0.5, 0.6) is 0 Å². The molecule has 6 heteroatoms. The molecule has 0 N–H and O–H groups in total. The van der Waals surface area contributed by atoms with Gasteiger partial charge in [0.2, 0.25) is 0 Å². The van der Waals surface area contributed by atoms with E-state index in [1.54, 1.807) is 0 Å². The van der Waals surface area contributed by atoms with E-state index < -0.39 is 29.4 Å². The van der Waals surface area contributed by atoms with Gasteiger partial charge in [-0.05, 0) is 36.6 Å². The zero-order valence-corrected chi connectivity index (χ0v) is 10.1. The smallest absolute Gasteiger partial charge is 0.325 e. The fourth-order valence-corrected chi connectivity index (χ4v) is 2.35. The van der Waals surface area contributed by atoms with E-state index >= 15 is 0 Å². The maximum Gasteiger partial charge on any atom is 0.325 e. The fourth-order valence-electron chi connectivity index (χ4n) is 2.35. The molecule has 0 saturated carbocycles. The second-order valence-electron chi connectivity index (χ2n) is 4.39. The van der Waals surface area contributed by atoms with Crippen LogP contribution in [0.15, 0.2) is 18.2 Å². The largest absolute Gasteiger partial charge is 0.468 e. The molecule has 0 spiro atoms. The minimum atomic E-state index is -3.16. The topological polar surface area (TPSA) is 43.4 Å². The molecule has 102 valence electrons. The van der Waals surface area contributed by atoms with Crippen molar-refractivity contribution in [3.8, 4) is 0 Å². The molecule has 1 aromatic carbocycles. The number of hydrogen-bond acceptors (Lipinski definition) is 3. The molecule has 0 amide bonds. The second-order valence-corrected chi connectivity index (χ2v) is 4.39. The zero-order chi connectivity index (χ0) is 14.2. The van der Waals surface area contributed by atoms with Crippen LogP contribution in [0.25, 0.3) is 0 Å². The lowest BCUT2D eigenvalue weighted by molar-refractivity contribution is -0.158. The molecule has 0 heterocycles. The highest BCUT2D eigenvalue weighted by molar-refractivity contribution is 6.14. The van der Waals surface area contributed by atoms with Gasteiger partial charge in [-0.25, -0.2) is 13.2 Å². The number of ketones is 1. The number of methoxy groups -OCH3 is 1. The Bertz CT molecular complexity index is 542. The summed E-state index contributed by atoms with van der Waals surface area (Å²) in [5.74, 6) is -2.80. The summed E-state index contributed by atoms with van der Waals surface area (Å²) in [6.07, 6.45) is -3.52. The number of alkyl halides is 2. The maximum atomic E-state index is 13.2. The number of halogens is 3. The first-order valence-electron chi connectivity index (χ1n) is 5.63. The summed E-state index contributed by atoms with van der Waals surface area (Å²) in [5, 5.41) is 0. The maximum absolute atomic E-state index is 13.2. The number of aryl methyl sites for hydroxylation is 1. The van der Waals surface area contributed by atoms with Crippen LogP contribution < -0.4 is 0 Å². The summed E-state index contributed by atoms with van der Waals surface area (Å²) in [5.41, 5.74) is -2.18. The number of benzene rings is 1. The summed E-state index contributed by atoms with van der Waals surface area (Å²) in [6.45, 7) is 0. The molecule has 0 fully saturated rings. The van der Waals surface area contributed by atoms with Crippen LogP contribution >= 0.6 is 0 Å². The Labute approximate surface area is 107 Å². The minimum Gasteiger partial charge on any atom is -0.468 e. The molecular weight excluding hydrogens is 261 g/mol. The van der Waals surface area contributed by atoms with E-state index in [0.29, 0.717) is 5.56 Å². The molecule has 1 aliphatic carbocycles. The van der Waals surface area contributed by atoms with Crippen molar-refractivity contribution in [1.29, 1.82) is 0 Å². The van der Waals surface area contributed by atoms with Gasteiger partial charge in [0.25, 0.3) is 6.43 Å². The summed E-state index contributed by atoms with van der Waals surface area (Å²) in [4.78, 5) is 23.8. The molecule has 19 heavy (non-hydrogen) atoms. The third-order valence-electron chi connectivity index (χ3n) is 3.43. The number of fused-ring (bicyclic) bond motifs is 1. The molecular formula is C13H11F3O3. The van der Waals surface area contributed by atoms with Gasteiger partial charge in [0, 0.05) is 5.56 Å². The Morgan fingerprint density at radius 3 is 2.68 bits per heavy atom. The van der Waals surface area contributed by atoms with Gasteiger partial charge in [0.05, 0.1) is 7.11 Å². The van der Waals surface area contributed by atoms with Crippen LogP contribution in [-0.2, 0) is 16.0 Å². The van der Waals surface area contributed by atoms with Crippen molar-refractivity contribution in [2.75, 3.05) is 7.11 Å². The number of ether oxygens (including phenoxy) is 1. The Morgan fingerprint density at radius 1 is 1.42 bits per heavy atom. The zero-order valence-electron chi connectivity index (χ0n) is 10.1. The second kappa shape index (κ2) is 4.68. The van der Waals surface area contributed by atoms with Crippen LogP contribution in [0.1, 0.15) is 22.3 Å². The normalized spacial score (nSPS) is 22.3. The predicted octanol–water partition coefficient (Wildman–Crippen LogP) is 2.38. The summed E-state index contributed by atoms with van der Waals surface area (Å²) >= 11 is 0. The van der Waals surface area contributed by atoms with E-state index in [9.17, 15) is 22.8 Å². The molecule has 1 unspecified atom stereocenters. The van der Waals surface area contributed by atoms with Crippen molar-refractivity contribution < 1.29 is 27.5 Å². The number of carbonyl (C=O) groups is 2. The van der Waals surface area contributed by atoms with Gasteiger partial charge in [-0.1, -0.05) is 0 Å². The Morgan fingerprint density at radius 2 is 2.11 bits per heavy atom. The average molecular weight is 272 g/mol. The van der Waals surface area contributed by atoms with E-state index in [0.717, 1.165) is 25.3 Å². The third kappa shape index (κ3) is 1.91. The van der Waals surface area contributed by atoms with Gasteiger partial charge in [-0.2, -0.15) is 0 Å². The van der Waals surface area contributed by atoms with Gasteiger partial charge in [-0.15, -0.1) is 0 Å². The highest BCUT2D eigenvalue weighted by atomic mass is 19.3. The highest BCUT2D eigenvalue weighted by Gasteiger charge is 2.57. The van der Waals surface area contributed by atoms with Crippen molar-refractivity contribution in [1.82, 2.24) is 0 Å². The van der Waals surface area contributed by atoms with Crippen molar-refractivity contribution in [2.45, 2.75) is 19.3 Å². The first kappa shape index (κ1) is 13.6. The Balaban J connectivity index is 2.55. The SMILES string of the molecule is COC(=O)C1(C(F)F)CCc2cc(F)ccc2C1=O. The van der Waals surface area contributed by atoms with Gasteiger partial charge in [0.1, 0.15) is 5.82 Å². The monoisotopic (exact) mass is 272 g/mol. The van der Waals surface area contributed by atoms with Gasteiger partial charge < -0.3 is 4.74 Å². The number of esters is 1. The van der Waals surface area contributed by atoms with E-state index in [-0.39, 0.29) is 18.4 Å². The summed E-state index contributed by atoms with van der Waals surface area (Å²) in [6, 6.07) is 3.27. The molecule has 2 rings (SSSR count). The van der Waals surface area contributed by atoms with Crippen LogP contribution in [0.3, 0.4) is 0 Å². The Hall–Kier alpha value is -1.85. The fraction of sp³-hybridized carbons (Fsp3) is 0.385. The molecule has 0 aromatic heterocycles. The number of carbonyl (C=O) groups excluding carboxylic acids is 2. The molecule has 0 saturated heterocycles. The van der Waals surface area contributed by atoms with Gasteiger partial charge >= 0.3 is 5.97 Å². The third-order valence-corrected chi connectivity index (χ3v) is 3.43. The van der Waals surface area contributed by atoms with Crippen molar-refractivity contribution in [3.63, 3.8) is 0 Å². The first-order chi connectivity index (χ1) is 8.93. The van der Waals surface area contributed by atoms with Crippen molar-refractivity contribution in [2.24, 2.45) is 5.41 Å². The molecule has 0 aliphatic heterocycles. The van der Waals surface area contributed by atoms with Crippen LogP contribution in [-0.4, -0.2) is 25.3 Å². The first-order valence-corrected chi connectivity index (χ1v) is 5.63. The van der Waals surface area contributed by atoms with Crippen LogP contribution in [0.2, 0.25) is 0 Å². The summed E-state index contributed by atoms with van der Waals surface area (Å²) in [7, 11) is 0.958. The van der Waals surface area contributed by atoms with Crippen LogP contribution in [0.4, 0.5) is 13.2 Å². The Kier molecular flexibility index (Phi) is 3.34. The molecule has 1 aromatic rings. The lowest BCUT2D eigenvalue weighted by atomic mass is 9.70. The number of hydrogen-bond donors (Lipinski definition) is 0. The molecule has 1 atom stereocenters. The molecule has 0 radical (unpaired) electrons. The van der Waals surface area contributed by atoms with Crippen molar-refractivity contribution >= 4 is 11.8 Å². The van der Waals surface area contributed by atoms with Gasteiger partial charge in [-0.3, -0.25) is 9.59 Å². The minimum absolute atomic E-state index is 0.0261. The predicted molar refractivity (Wildman–Crippen MR) is 59.5 cm³/mol. The quantitative estimate of drug-likeness (QED) is 0.613. The van der Waals surface area contributed by atoms with E-state index in [1.165, 1.54) is 0 Å². The molecule has 3 nitrogen and oxygen atoms in total. The number of rotatable bonds is 2. The van der Waals surface area contributed by atoms with E-state index in [1.807, 2.05) is 0 Å². The lowest BCUT2D eigenvalue weighted by Gasteiger charge is -2.33. The van der Waals surface area contributed by atoms with Crippen molar-refractivity contribution in [3.05, 3.63) is 35.1 Å². The van der Waals surface area contributed by atoms with E-state index in [2.05, 4.69) is 4.74 Å². The van der Waals surface area contributed by atoms with Crippen LogP contribution in [0, 0.1) is 11.2 Å². The average Bonchev–Trinajstić information content (AvgIpc) is 2.38. The summed E-state index contributed by atoms with van der Waals surface area (Å²) < 4.78 is 43.9. The molecule has 0 bridgehead atoms.